The Labute approximate surface area is 93.9 Å². The maximum Gasteiger partial charge on any atom is 0.248 e. The highest BCUT2D eigenvalue weighted by molar-refractivity contribution is 6.27. The molecule has 0 aromatic carbocycles. The van der Waals surface area contributed by atoms with Crippen molar-refractivity contribution in [2.75, 3.05) is 39.7 Å². The molecule has 0 bridgehead atoms. The third-order valence-electron chi connectivity index (χ3n) is 2.26. The molecule has 6 heteroatoms. The molecule has 1 heterocycles. The molecule has 1 aliphatic rings. The summed E-state index contributed by atoms with van der Waals surface area (Å²) in [6.07, 6.45) is -0.0268. The lowest BCUT2D eigenvalue weighted by Gasteiger charge is -2.38. The zero-order valence-electron chi connectivity index (χ0n) is 8.90. The highest BCUT2D eigenvalue weighted by Gasteiger charge is 2.31. The van der Waals surface area contributed by atoms with Gasteiger partial charge < -0.3 is 14.5 Å². The summed E-state index contributed by atoms with van der Waals surface area (Å²) in [5.41, 5.74) is 0. The molecule has 15 heavy (non-hydrogen) atoms. The van der Waals surface area contributed by atoms with Gasteiger partial charge in [-0.1, -0.05) is 0 Å². The van der Waals surface area contributed by atoms with E-state index < -0.39 is 0 Å². The molecule has 0 aromatic rings. The van der Waals surface area contributed by atoms with Crippen LogP contribution in [-0.2, 0) is 14.3 Å². The first-order valence-corrected chi connectivity index (χ1v) is 5.23. The van der Waals surface area contributed by atoms with Gasteiger partial charge in [0, 0.05) is 27.2 Å². The average Bonchev–Trinajstić information content (AvgIpc) is 2.14. The third kappa shape index (κ3) is 3.35. The van der Waals surface area contributed by atoms with E-state index in [1.54, 1.807) is 19.0 Å². The fraction of sp³-hybridized carbons (Fsp3) is 0.778. The van der Waals surface area contributed by atoms with Crippen LogP contribution in [-0.4, -0.2) is 67.4 Å². The van der Waals surface area contributed by atoms with Gasteiger partial charge in [0.1, 0.15) is 12.5 Å². The standard InChI is InChI=1S/C9H15ClN2O3/c1-11(2)9(14)6-15-7-4-12(5-7)8(13)3-10/h7H,3-6H2,1-2H3. The number of likely N-dealkylation sites (tertiary alicyclic amines) is 1. The van der Waals surface area contributed by atoms with E-state index in [9.17, 15) is 9.59 Å². The van der Waals surface area contributed by atoms with Crippen LogP contribution in [0.15, 0.2) is 0 Å². The fourth-order valence-corrected chi connectivity index (χ4v) is 1.32. The number of ether oxygens (including phenoxy) is 1. The minimum atomic E-state index is -0.0875. The van der Waals surface area contributed by atoms with Gasteiger partial charge in [-0.05, 0) is 0 Å². The van der Waals surface area contributed by atoms with Crippen LogP contribution >= 0.6 is 11.6 Å². The molecular formula is C9H15ClN2O3. The first kappa shape index (κ1) is 12.3. The van der Waals surface area contributed by atoms with E-state index in [1.807, 2.05) is 0 Å². The second-order valence-corrected chi connectivity index (χ2v) is 3.92. The van der Waals surface area contributed by atoms with Gasteiger partial charge in [-0.3, -0.25) is 9.59 Å². The van der Waals surface area contributed by atoms with Crippen LogP contribution in [0.1, 0.15) is 0 Å². The lowest BCUT2D eigenvalue weighted by Crippen LogP contribution is -2.55. The number of hydrogen-bond donors (Lipinski definition) is 0. The number of nitrogens with zero attached hydrogens (tertiary/aromatic N) is 2. The number of amides is 2. The van der Waals surface area contributed by atoms with E-state index in [1.165, 1.54) is 4.90 Å². The minimum Gasteiger partial charge on any atom is -0.365 e. The molecule has 0 aromatic heterocycles. The molecule has 0 N–H and O–H groups in total. The first-order chi connectivity index (χ1) is 7.04. The van der Waals surface area contributed by atoms with Gasteiger partial charge in [-0.15, -0.1) is 11.6 Å². The SMILES string of the molecule is CN(C)C(=O)COC1CN(C(=O)CCl)C1. The van der Waals surface area contributed by atoms with E-state index in [-0.39, 0.29) is 30.4 Å². The minimum absolute atomic E-state index is 0.00332. The zero-order valence-corrected chi connectivity index (χ0v) is 9.66. The van der Waals surface area contributed by atoms with Crippen molar-refractivity contribution in [3.63, 3.8) is 0 Å². The van der Waals surface area contributed by atoms with Gasteiger partial charge in [-0.25, -0.2) is 0 Å². The molecule has 0 radical (unpaired) electrons. The van der Waals surface area contributed by atoms with Crippen molar-refractivity contribution in [2.45, 2.75) is 6.10 Å². The molecule has 0 unspecified atom stereocenters. The number of hydrogen-bond acceptors (Lipinski definition) is 3. The Balaban J connectivity index is 2.13. The molecule has 0 atom stereocenters. The molecule has 86 valence electrons. The topological polar surface area (TPSA) is 49.9 Å². The van der Waals surface area contributed by atoms with Crippen molar-refractivity contribution in [3.05, 3.63) is 0 Å². The smallest absolute Gasteiger partial charge is 0.248 e. The summed E-state index contributed by atoms with van der Waals surface area (Å²) >= 11 is 5.38. The van der Waals surface area contributed by atoms with E-state index in [0.29, 0.717) is 13.1 Å². The maximum atomic E-state index is 11.2. The van der Waals surface area contributed by atoms with Gasteiger partial charge in [0.15, 0.2) is 0 Å². The highest BCUT2D eigenvalue weighted by atomic mass is 35.5. The van der Waals surface area contributed by atoms with E-state index in [0.717, 1.165) is 0 Å². The number of halogens is 1. The second kappa shape index (κ2) is 5.32. The summed E-state index contributed by atoms with van der Waals surface area (Å²) in [4.78, 5) is 25.3. The lowest BCUT2D eigenvalue weighted by molar-refractivity contribution is -0.148. The summed E-state index contributed by atoms with van der Waals surface area (Å²) in [5, 5.41) is 0. The Bertz CT molecular complexity index is 252. The maximum absolute atomic E-state index is 11.2. The largest absolute Gasteiger partial charge is 0.365 e. The van der Waals surface area contributed by atoms with Gasteiger partial charge in [0.25, 0.3) is 0 Å². The van der Waals surface area contributed by atoms with Crippen LogP contribution in [0, 0.1) is 0 Å². The monoisotopic (exact) mass is 234 g/mol. The predicted octanol–water partition coefficient (Wildman–Crippen LogP) is -0.459. The van der Waals surface area contributed by atoms with Crippen LogP contribution in [0.5, 0.6) is 0 Å². The molecule has 2 amide bonds. The summed E-state index contributed by atoms with van der Waals surface area (Å²) in [6, 6.07) is 0. The van der Waals surface area contributed by atoms with Gasteiger partial charge in [0.2, 0.25) is 11.8 Å². The number of carbonyl (C=O) groups excluding carboxylic acids is 2. The lowest BCUT2D eigenvalue weighted by atomic mass is 10.2. The molecule has 0 aliphatic carbocycles. The molecule has 1 fully saturated rings. The summed E-state index contributed by atoms with van der Waals surface area (Å²) in [5.74, 6) is -0.156. The molecule has 5 nitrogen and oxygen atoms in total. The van der Waals surface area contributed by atoms with Crippen molar-refractivity contribution < 1.29 is 14.3 Å². The average molecular weight is 235 g/mol. The summed E-state index contributed by atoms with van der Waals surface area (Å²) in [6.45, 7) is 1.14. The highest BCUT2D eigenvalue weighted by Crippen LogP contribution is 2.12. The van der Waals surface area contributed by atoms with Crippen LogP contribution < -0.4 is 0 Å². The van der Waals surface area contributed by atoms with Crippen molar-refractivity contribution in [3.8, 4) is 0 Å². The van der Waals surface area contributed by atoms with Crippen LogP contribution in [0.25, 0.3) is 0 Å². The Morgan fingerprint density at radius 1 is 1.47 bits per heavy atom. The Morgan fingerprint density at radius 3 is 2.53 bits per heavy atom. The van der Waals surface area contributed by atoms with Gasteiger partial charge >= 0.3 is 0 Å². The van der Waals surface area contributed by atoms with Gasteiger partial charge in [0.05, 0.1) is 6.10 Å². The molecule has 0 spiro atoms. The number of carbonyl (C=O) groups is 2. The fourth-order valence-electron chi connectivity index (χ4n) is 1.15. The normalized spacial score (nSPS) is 16.1. The Kier molecular flexibility index (Phi) is 4.35. The zero-order chi connectivity index (χ0) is 11.4. The van der Waals surface area contributed by atoms with E-state index in [2.05, 4.69) is 0 Å². The second-order valence-electron chi connectivity index (χ2n) is 3.65. The third-order valence-corrected chi connectivity index (χ3v) is 2.49. The predicted molar refractivity (Wildman–Crippen MR) is 55.7 cm³/mol. The van der Waals surface area contributed by atoms with Crippen molar-refractivity contribution in [1.29, 1.82) is 0 Å². The molecule has 1 saturated heterocycles. The van der Waals surface area contributed by atoms with E-state index in [4.69, 9.17) is 16.3 Å². The molecule has 1 aliphatic heterocycles. The van der Waals surface area contributed by atoms with Crippen LogP contribution in [0.3, 0.4) is 0 Å². The number of rotatable bonds is 4. The number of alkyl halides is 1. The van der Waals surface area contributed by atoms with Crippen molar-refractivity contribution in [2.24, 2.45) is 0 Å². The molecule has 1 rings (SSSR count). The van der Waals surface area contributed by atoms with Crippen LogP contribution in [0.4, 0.5) is 0 Å². The molecular weight excluding hydrogens is 220 g/mol. The summed E-state index contributed by atoms with van der Waals surface area (Å²) < 4.78 is 5.30. The Morgan fingerprint density at radius 2 is 2.07 bits per heavy atom. The molecule has 0 saturated carbocycles. The summed E-state index contributed by atoms with van der Waals surface area (Å²) in [7, 11) is 3.35. The quantitative estimate of drug-likeness (QED) is 0.619. The number of likely N-dealkylation sites (N-methyl/N-ethyl adjacent to an activating group) is 1. The van der Waals surface area contributed by atoms with E-state index >= 15 is 0 Å². The van der Waals surface area contributed by atoms with Crippen LogP contribution in [0.2, 0.25) is 0 Å². The first-order valence-electron chi connectivity index (χ1n) is 4.70. The Hall–Kier alpha value is -0.810. The van der Waals surface area contributed by atoms with Gasteiger partial charge in [-0.2, -0.15) is 0 Å². The van der Waals surface area contributed by atoms with Crippen molar-refractivity contribution >= 4 is 23.4 Å². The van der Waals surface area contributed by atoms with Crippen molar-refractivity contribution in [1.82, 2.24) is 9.80 Å².